The van der Waals surface area contributed by atoms with Crippen LogP contribution in [0.1, 0.15) is 5.56 Å². The monoisotopic (exact) mass is 249 g/mol. The number of benzene rings is 1. The van der Waals surface area contributed by atoms with Gasteiger partial charge in [-0.3, -0.25) is 0 Å². The van der Waals surface area contributed by atoms with Gasteiger partial charge in [-0.1, -0.05) is 0 Å². The largest absolute Gasteiger partial charge is 0.506 e. The van der Waals surface area contributed by atoms with Crippen LogP contribution in [0.2, 0.25) is 0 Å². The molecule has 0 aliphatic heterocycles. The minimum absolute atomic E-state index is 0.370. The second kappa shape index (κ2) is 5.21. The van der Waals surface area contributed by atoms with Gasteiger partial charge < -0.3 is 15.2 Å². The van der Waals surface area contributed by atoms with Crippen molar-refractivity contribution >= 4 is 11.3 Å². The molecule has 0 aliphatic rings. The van der Waals surface area contributed by atoms with Crippen molar-refractivity contribution in [3.63, 3.8) is 0 Å². The molecule has 0 unspecified atom stereocenters. The second-order valence-corrected chi connectivity index (χ2v) is 4.58. The van der Waals surface area contributed by atoms with Crippen LogP contribution >= 0.6 is 11.3 Å². The summed E-state index contributed by atoms with van der Waals surface area (Å²) < 4.78 is 5.11. The van der Waals surface area contributed by atoms with E-state index in [1.807, 2.05) is 36.7 Å². The predicted octanol–water partition coefficient (Wildman–Crippen LogP) is 2.85. The van der Waals surface area contributed by atoms with E-state index in [1.54, 1.807) is 18.4 Å². The lowest BCUT2D eigenvalue weighted by Gasteiger charge is -2.03. The molecule has 0 amide bonds. The van der Waals surface area contributed by atoms with Gasteiger partial charge in [-0.25, -0.2) is 0 Å². The standard InChI is InChI=1S/C13H15NO2S/c1-14-7-10-8-17-13(12(10)15)9-3-5-11(16-2)6-4-9/h3-6,8,14-15H,7H2,1-2H3. The first-order valence-corrected chi connectivity index (χ1v) is 6.22. The lowest BCUT2D eigenvalue weighted by atomic mass is 10.1. The molecule has 2 rings (SSSR count). The number of ether oxygens (including phenoxy) is 1. The summed E-state index contributed by atoms with van der Waals surface area (Å²) in [6, 6.07) is 7.69. The van der Waals surface area contributed by atoms with Crippen molar-refractivity contribution < 1.29 is 9.84 Å². The van der Waals surface area contributed by atoms with E-state index in [1.165, 1.54) is 0 Å². The van der Waals surface area contributed by atoms with Gasteiger partial charge in [0, 0.05) is 12.1 Å². The SMILES string of the molecule is CNCc1csc(-c2ccc(OC)cc2)c1O. The van der Waals surface area contributed by atoms with Gasteiger partial charge in [0.1, 0.15) is 11.5 Å². The Morgan fingerprint density at radius 2 is 2.00 bits per heavy atom. The Morgan fingerprint density at radius 3 is 2.59 bits per heavy atom. The van der Waals surface area contributed by atoms with E-state index in [-0.39, 0.29) is 0 Å². The molecule has 0 saturated heterocycles. The summed E-state index contributed by atoms with van der Waals surface area (Å²) in [6.45, 7) is 0.679. The van der Waals surface area contributed by atoms with Crippen LogP contribution < -0.4 is 10.1 Å². The maximum atomic E-state index is 10.1. The van der Waals surface area contributed by atoms with Gasteiger partial charge in [0.2, 0.25) is 0 Å². The maximum absolute atomic E-state index is 10.1. The molecule has 1 heterocycles. The first-order valence-electron chi connectivity index (χ1n) is 5.34. The summed E-state index contributed by atoms with van der Waals surface area (Å²) in [5.41, 5.74) is 1.94. The highest BCUT2D eigenvalue weighted by molar-refractivity contribution is 7.14. The van der Waals surface area contributed by atoms with Crippen molar-refractivity contribution in [1.29, 1.82) is 0 Å². The molecule has 0 atom stereocenters. The number of methoxy groups -OCH3 is 1. The molecule has 1 aromatic carbocycles. The molecule has 0 saturated carbocycles. The molecule has 4 heteroatoms. The van der Waals surface area contributed by atoms with Crippen LogP contribution in [0.25, 0.3) is 10.4 Å². The fourth-order valence-corrected chi connectivity index (χ4v) is 2.62. The zero-order valence-corrected chi connectivity index (χ0v) is 10.7. The average Bonchev–Trinajstić information content (AvgIpc) is 2.72. The minimum Gasteiger partial charge on any atom is -0.506 e. The summed E-state index contributed by atoms with van der Waals surface area (Å²) in [4.78, 5) is 0.901. The van der Waals surface area contributed by atoms with Gasteiger partial charge in [0.05, 0.1) is 12.0 Å². The van der Waals surface area contributed by atoms with E-state index in [4.69, 9.17) is 4.74 Å². The highest BCUT2D eigenvalue weighted by Crippen LogP contribution is 2.38. The Balaban J connectivity index is 2.32. The van der Waals surface area contributed by atoms with Gasteiger partial charge in [0.15, 0.2) is 0 Å². The molecule has 0 bridgehead atoms. The van der Waals surface area contributed by atoms with Crippen LogP contribution in [0, 0.1) is 0 Å². The molecule has 1 aromatic heterocycles. The molecule has 0 aliphatic carbocycles. The summed E-state index contributed by atoms with van der Waals surface area (Å²) in [6.07, 6.45) is 0. The van der Waals surface area contributed by atoms with Crippen LogP contribution in [0.3, 0.4) is 0 Å². The lowest BCUT2D eigenvalue weighted by molar-refractivity contribution is 0.415. The Morgan fingerprint density at radius 1 is 1.29 bits per heavy atom. The molecular formula is C13H15NO2S. The molecule has 2 N–H and O–H groups in total. The summed E-state index contributed by atoms with van der Waals surface area (Å²) in [7, 11) is 3.51. The normalized spacial score (nSPS) is 10.5. The lowest BCUT2D eigenvalue weighted by Crippen LogP contribution is -2.03. The number of hydrogen-bond acceptors (Lipinski definition) is 4. The zero-order valence-electron chi connectivity index (χ0n) is 9.86. The van der Waals surface area contributed by atoms with Crippen LogP contribution in [-0.2, 0) is 6.54 Å². The molecule has 0 radical (unpaired) electrons. The van der Waals surface area contributed by atoms with Crippen molar-refractivity contribution in [2.24, 2.45) is 0 Å². The topological polar surface area (TPSA) is 41.5 Å². The molecule has 3 nitrogen and oxygen atoms in total. The van der Waals surface area contributed by atoms with Crippen LogP contribution in [0.15, 0.2) is 29.6 Å². The van der Waals surface area contributed by atoms with Crippen LogP contribution in [0.4, 0.5) is 0 Å². The molecule has 0 spiro atoms. The highest BCUT2D eigenvalue weighted by atomic mass is 32.1. The van der Waals surface area contributed by atoms with Crippen molar-refractivity contribution in [3.05, 3.63) is 35.2 Å². The molecule has 90 valence electrons. The summed E-state index contributed by atoms with van der Waals surface area (Å²) in [5.74, 6) is 1.19. The van der Waals surface area contributed by atoms with Gasteiger partial charge in [-0.05, 0) is 42.3 Å². The Hall–Kier alpha value is -1.52. The molecule has 2 aromatic rings. The van der Waals surface area contributed by atoms with E-state index < -0.39 is 0 Å². The third-order valence-electron chi connectivity index (χ3n) is 2.56. The van der Waals surface area contributed by atoms with Gasteiger partial charge in [0.25, 0.3) is 0 Å². The van der Waals surface area contributed by atoms with E-state index in [9.17, 15) is 5.11 Å². The number of nitrogens with one attached hydrogen (secondary N) is 1. The smallest absolute Gasteiger partial charge is 0.138 e. The quantitative estimate of drug-likeness (QED) is 0.875. The van der Waals surface area contributed by atoms with Gasteiger partial charge in [-0.15, -0.1) is 11.3 Å². The van der Waals surface area contributed by atoms with Gasteiger partial charge >= 0.3 is 0 Å². The number of aromatic hydroxyl groups is 1. The van der Waals surface area contributed by atoms with Crippen molar-refractivity contribution in [2.45, 2.75) is 6.54 Å². The highest BCUT2D eigenvalue weighted by Gasteiger charge is 2.11. The van der Waals surface area contributed by atoms with Crippen molar-refractivity contribution in [2.75, 3.05) is 14.2 Å². The van der Waals surface area contributed by atoms with E-state index in [0.717, 1.165) is 21.8 Å². The number of rotatable bonds is 4. The van der Waals surface area contributed by atoms with Crippen molar-refractivity contribution in [1.82, 2.24) is 5.32 Å². The Bertz CT molecular complexity index is 491. The van der Waals surface area contributed by atoms with Crippen LogP contribution in [-0.4, -0.2) is 19.3 Å². The molecular weight excluding hydrogens is 234 g/mol. The predicted molar refractivity (Wildman–Crippen MR) is 70.7 cm³/mol. The number of thiophene rings is 1. The number of hydrogen-bond donors (Lipinski definition) is 2. The third kappa shape index (κ3) is 2.43. The minimum atomic E-state index is 0.370. The third-order valence-corrected chi connectivity index (χ3v) is 3.62. The van der Waals surface area contributed by atoms with E-state index in [2.05, 4.69) is 5.32 Å². The zero-order chi connectivity index (χ0) is 12.3. The first kappa shape index (κ1) is 12.0. The summed E-state index contributed by atoms with van der Waals surface area (Å²) >= 11 is 1.55. The maximum Gasteiger partial charge on any atom is 0.138 e. The Labute approximate surface area is 105 Å². The fraction of sp³-hybridized carbons (Fsp3) is 0.231. The second-order valence-electron chi connectivity index (χ2n) is 3.70. The van der Waals surface area contributed by atoms with Crippen LogP contribution in [0.5, 0.6) is 11.5 Å². The van der Waals surface area contributed by atoms with Gasteiger partial charge in [-0.2, -0.15) is 0 Å². The molecule has 0 fully saturated rings. The van der Waals surface area contributed by atoms with E-state index in [0.29, 0.717) is 12.3 Å². The summed E-state index contributed by atoms with van der Waals surface area (Å²) in [5, 5.41) is 15.1. The first-order chi connectivity index (χ1) is 8.26. The molecule has 17 heavy (non-hydrogen) atoms. The van der Waals surface area contributed by atoms with E-state index >= 15 is 0 Å². The average molecular weight is 249 g/mol. The fourth-order valence-electron chi connectivity index (χ4n) is 1.65. The van der Waals surface area contributed by atoms with Crippen molar-refractivity contribution in [3.8, 4) is 21.9 Å². The Kier molecular flexibility index (Phi) is 3.66.